The highest BCUT2D eigenvalue weighted by Crippen LogP contribution is 2.09. The zero-order chi connectivity index (χ0) is 11.4. The molecule has 0 aliphatic carbocycles. The van der Waals surface area contributed by atoms with Crippen LogP contribution in [-0.2, 0) is 0 Å². The standard InChI is InChI=1S/C11H8N2O2S/c14-10(8-2-4-9(16)5-3-8)15-11-12-6-1-7-13-11/h1-7,16H. The Bertz CT molecular complexity index is 485. The third-order valence-electron chi connectivity index (χ3n) is 1.83. The number of carbonyl (C=O) groups excluding carboxylic acids is 1. The predicted molar refractivity (Wildman–Crippen MR) is 60.7 cm³/mol. The average molecular weight is 232 g/mol. The Balaban J connectivity index is 2.12. The molecule has 0 unspecified atom stereocenters. The topological polar surface area (TPSA) is 52.1 Å². The van der Waals surface area contributed by atoms with Crippen LogP contribution in [0.25, 0.3) is 0 Å². The van der Waals surface area contributed by atoms with Crippen LogP contribution in [0.3, 0.4) is 0 Å². The van der Waals surface area contributed by atoms with Gasteiger partial charge in [0, 0.05) is 17.3 Å². The van der Waals surface area contributed by atoms with Crippen LogP contribution in [0.15, 0.2) is 47.6 Å². The van der Waals surface area contributed by atoms with Crippen LogP contribution in [0.1, 0.15) is 10.4 Å². The lowest BCUT2D eigenvalue weighted by Crippen LogP contribution is -2.10. The number of ether oxygens (including phenoxy) is 1. The van der Waals surface area contributed by atoms with E-state index in [9.17, 15) is 4.79 Å². The van der Waals surface area contributed by atoms with Gasteiger partial charge in [0.15, 0.2) is 0 Å². The van der Waals surface area contributed by atoms with E-state index in [2.05, 4.69) is 22.6 Å². The molecule has 0 saturated heterocycles. The van der Waals surface area contributed by atoms with Gasteiger partial charge in [0.2, 0.25) is 0 Å². The lowest BCUT2D eigenvalue weighted by Gasteiger charge is -2.01. The normalized spacial score (nSPS) is 9.81. The zero-order valence-electron chi connectivity index (χ0n) is 8.20. The van der Waals surface area contributed by atoms with Gasteiger partial charge in [0.05, 0.1) is 5.56 Å². The number of hydrogen-bond donors (Lipinski definition) is 1. The van der Waals surface area contributed by atoms with Crippen molar-refractivity contribution in [2.75, 3.05) is 0 Å². The van der Waals surface area contributed by atoms with Gasteiger partial charge >= 0.3 is 12.0 Å². The average Bonchev–Trinajstić information content (AvgIpc) is 2.31. The van der Waals surface area contributed by atoms with Crippen molar-refractivity contribution in [2.45, 2.75) is 4.90 Å². The van der Waals surface area contributed by atoms with Crippen molar-refractivity contribution in [3.05, 3.63) is 48.3 Å². The minimum absolute atomic E-state index is 0.0439. The van der Waals surface area contributed by atoms with Crippen LogP contribution < -0.4 is 4.74 Å². The second-order valence-electron chi connectivity index (χ2n) is 2.97. The molecule has 2 rings (SSSR count). The van der Waals surface area contributed by atoms with Gasteiger partial charge in [-0.2, -0.15) is 0 Å². The fourth-order valence-corrected chi connectivity index (χ4v) is 1.23. The molecule has 2 aromatic rings. The van der Waals surface area contributed by atoms with Crippen molar-refractivity contribution in [2.24, 2.45) is 0 Å². The Morgan fingerprint density at radius 3 is 2.38 bits per heavy atom. The summed E-state index contributed by atoms with van der Waals surface area (Å²) >= 11 is 4.12. The van der Waals surface area contributed by atoms with E-state index in [-0.39, 0.29) is 6.01 Å². The van der Waals surface area contributed by atoms with E-state index >= 15 is 0 Å². The van der Waals surface area contributed by atoms with Gasteiger partial charge in [-0.05, 0) is 30.3 Å². The predicted octanol–water partition coefficient (Wildman–Crippen LogP) is 1.98. The molecule has 4 nitrogen and oxygen atoms in total. The second-order valence-corrected chi connectivity index (χ2v) is 3.48. The maximum atomic E-state index is 11.6. The van der Waals surface area contributed by atoms with Crippen molar-refractivity contribution < 1.29 is 9.53 Å². The summed E-state index contributed by atoms with van der Waals surface area (Å²) in [5.74, 6) is -0.487. The number of hydrogen-bond acceptors (Lipinski definition) is 5. The first-order chi connectivity index (χ1) is 7.75. The van der Waals surface area contributed by atoms with Crippen LogP contribution in [0.4, 0.5) is 0 Å². The molecule has 0 spiro atoms. The van der Waals surface area contributed by atoms with Gasteiger partial charge in [-0.15, -0.1) is 12.6 Å². The van der Waals surface area contributed by atoms with E-state index in [1.54, 1.807) is 30.3 Å². The maximum Gasteiger partial charge on any atom is 0.345 e. The first-order valence-corrected chi connectivity index (χ1v) is 4.98. The first kappa shape index (κ1) is 10.6. The first-order valence-electron chi connectivity index (χ1n) is 4.54. The summed E-state index contributed by atoms with van der Waals surface area (Å²) in [5, 5.41) is 0. The number of esters is 1. The molecule has 0 saturated carbocycles. The molecule has 16 heavy (non-hydrogen) atoms. The summed E-state index contributed by atoms with van der Waals surface area (Å²) in [6.45, 7) is 0. The van der Waals surface area contributed by atoms with Crippen molar-refractivity contribution in [3.8, 4) is 6.01 Å². The van der Waals surface area contributed by atoms with Crippen molar-refractivity contribution in [3.63, 3.8) is 0 Å². The van der Waals surface area contributed by atoms with E-state index < -0.39 is 5.97 Å². The van der Waals surface area contributed by atoms with E-state index in [4.69, 9.17) is 4.74 Å². The Morgan fingerprint density at radius 2 is 1.75 bits per heavy atom. The third-order valence-corrected chi connectivity index (χ3v) is 2.13. The highest BCUT2D eigenvalue weighted by molar-refractivity contribution is 7.80. The number of rotatable bonds is 2. The van der Waals surface area contributed by atoms with Crippen LogP contribution in [0, 0.1) is 0 Å². The van der Waals surface area contributed by atoms with E-state index in [1.165, 1.54) is 12.4 Å². The molecule has 1 heterocycles. The fourth-order valence-electron chi connectivity index (χ4n) is 1.08. The maximum absolute atomic E-state index is 11.6. The van der Waals surface area contributed by atoms with Gasteiger partial charge in [-0.3, -0.25) is 0 Å². The number of carbonyl (C=O) groups is 1. The highest BCUT2D eigenvalue weighted by Gasteiger charge is 2.09. The van der Waals surface area contributed by atoms with Gasteiger partial charge in [-0.25, -0.2) is 14.8 Å². The van der Waals surface area contributed by atoms with Crippen LogP contribution in [0.2, 0.25) is 0 Å². The molecule has 1 aromatic carbocycles. The Hall–Kier alpha value is -1.88. The van der Waals surface area contributed by atoms with E-state index in [0.717, 1.165) is 4.90 Å². The molecule has 0 fully saturated rings. The van der Waals surface area contributed by atoms with Crippen LogP contribution in [-0.4, -0.2) is 15.9 Å². The molecule has 0 atom stereocenters. The molecule has 80 valence electrons. The highest BCUT2D eigenvalue weighted by atomic mass is 32.1. The molecule has 0 radical (unpaired) electrons. The van der Waals surface area contributed by atoms with Crippen molar-refractivity contribution >= 4 is 18.6 Å². The number of aromatic nitrogens is 2. The lowest BCUT2D eigenvalue weighted by molar-refractivity contribution is 0.0719. The fraction of sp³-hybridized carbons (Fsp3) is 0. The Labute approximate surface area is 97.7 Å². The molecule has 0 aliphatic rings. The monoisotopic (exact) mass is 232 g/mol. The summed E-state index contributed by atoms with van der Waals surface area (Å²) in [6.07, 6.45) is 3.01. The summed E-state index contributed by atoms with van der Waals surface area (Å²) in [4.78, 5) is 20.0. The molecule has 1 aromatic heterocycles. The third kappa shape index (κ3) is 2.58. The summed E-state index contributed by atoms with van der Waals surface area (Å²) in [6, 6.07) is 8.38. The van der Waals surface area contributed by atoms with Gasteiger partial charge < -0.3 is 4.74 Å². The SMILES string of the molecule is O=C(Oc1ncccn1)c1ccc(S)cc1. The number of nitrogens with zero attached hydrogens (tertiary/aromatic N) is 2. The minimum Gasteiger partial charge on any atom is -0.387 e. The molecule has 0 N–H and O–H groups in total. The van der Waals surface area contributed by atoms with Crippen molar-refractivity contribution in [1.29, 1.82) is 0 Å². The van der Waals surface area contributed by atoms with E-state index in [0.29, 0.717) is 5.56 Å². The largest absolute Gasteiger partial charge is 0.387 e. The molecule has 0 aliphatic heterocycles. The summed E-state index contributed by atoms with van der Waals surface area (Å²) in [5.41, 5.74) is 0.435. The Kier molecular flexibility index (Phi) is 3.16. The molecule has 5 heteroatoms. The van der Waals surface area contributed by atoms with Gasteiger partial charge in [-0.1, -0.05) is 0 Å². The van der Waals surface area contributed by atoms with E-state index in [1.807, 2.05) is 0 Å². The van der Waals surface area contributed by atoms with Gasteiger partial charge in [0.1, 0.15) is 0 Å². The summed E-state index contributed by atoms with van der Waals surface area (Å²) < 4.78 is 4.95. The molecular formula is C11H8N2O2S. The quantitative estimate of drug-likeness (QED) is 0.635. The van der Waals surface area contributed by atoms with Crippen molar-refractivity contribution in [1.82, 2.24) is 9.97 Å². The minimum atomic E-state index is -0.487. The smallest absolute Gasteiger partial charge is 0.345 e. The molecule has 0 bridgehead atoms. The second kappa shape index (κ2) is 4.76. The number of thiol groups is 1. The van der Waals surface area contributed by atoms with Crippen LogP contribution >= 0.6 is 12.6 Å². The zero-order valence-corrected chi connectivity index (χ0v) is 9.09. The molecular weight excluding hydrogens is 224 g/mol. The summed E-state index contributed by atoms with van der Waals surface area (Å²) in [7, 11) is 0. The van der Waals surface area contributed by atoms with Crippen LogP contribution in [0.5, 0.6) is 6.01 Å². The van der Waals surface area contributed by atoms with Gasteiger partial charge in [0.25, 0.3) is 0 Å². The molecule has 0 amide bonds. The Morgan fingerprint density at radius 1 is 1.12 bits per heavy atom. The lowest BCUT2D eigenvalue weighted by atomic mass is 10.2. The number of benzene rings is 1.